The average Bonchev–Trinajstić information content (AvgIpc) is 2.94. The maximum Gasteiger partial charge on any atom is 0.303 e. The van der Waals surface area contributed by atoms with Gasteiger partial charge in [-0.3, -0.25) is 9.59 Å². The average molecular weight is 413 g/mol. The van der Waals surface area contributed by atoms with Crippen molar-refractivity contribution in [3.63, 3.8) is 0 Å². The number of ketones is 1. The van der Waals surface area contributed by atoms with Crippen molar-refractivity contribution in [1.29, 1.82) is 0 Å². The minimum atomic E-state index is -0.726. The first-order valence-corrected chi connectivity index (χ1v) is 11.8. The molecule has 0 aromatic carbocycles. The molecule has 5 nitrogen and oxygen atoms in total. The number of rotatable bonds is 17. The Kier molecular flexibility index (Phi) is 13.5. The molecule has 0 aromatic heterocycles. The second-order valence-electron chi connectivity index (χ2n) is 8.94. The Bertz CT molecular complexity index is 462. The number of hydrogen-bond acceptors (Lipinski definition) is 4. The van der Waals surface area contributed by atoms with E-state index in [2.05, 4.69) is 6.92 Å². The van der Waals surface area contributed by atoms with Gasteiger partial charge in [0.25, 0.3) is 0 Å². The van der Waals surface area contributed by atoms with E-state index in [9.17, 15) is 9.59 Å². The van der Waals surface area contributed by atoms with Gasteiger partial charge in [-0.15, -0.1) is 0 Å². The molecule has 0 heterocycles. The molecule has 0 saturated heterocycles. The highest BCUT2D eigenvalue weighted by molar-refractivity contribution is 5.84. The van der Waals surface area contributed by atoms with Crippen LogP contribution in [-0.2, 0) is 19.1 Å². The van der Waals surface area contributed by atoms with E-state index in [1.165, 1.54) is 19.3 Å². The van der Waals surface area contributed by atoms with Crippen molar-refractivity contribution in [2.75, 3.05) is 7.11 Å². The molecule has 0 radical (unpaired) electrons. The number of aliphatic carboxylic acids is 1. The van der Waals surface area contributed by atoms with Crippen LogP contribution in [-0.4, -0.2) is 42.3 Å². The van der Waals surface area contributed by atoms with E-state index in [0.717, 1.165) is 51.4 Å². The summed E-state index contributed by atoms with van der Waals surface area (Å²) in [6.45, 7) is 6.30. The number of Topliss-reactive ketones (excluding diaryl/α,β-unsaturated/α-hetero) is 1. The number of ether oxygens (including phenoxy) is 2. The first-order valence-electron chi connectivity index (χ1n) is 11.8. The summed E-state index contributed by atoms with van der Waals surface area (Å²) >= 11 is 0. The fourth-order valence-electron chi connectivity index (χ4n) is 4.63. The zero-order valence-corrected chi connectivity index (χ0v) is 19.2. The van der Waals surface area contributed by atoms with Gasteiger partial charge in [-0.2, -0.15) is 0 Å². The molecular weight excluding hydrogens is 368 g/mol. The lowest BCUT2D eigenvalue weighted by atomic mass is 9.84. The van der Waals surface area contributed by atoms with Gasteiger partial charge in [0.15, 0.2) is 0 Å². The topological polar surface area (TPSA) is 72.8 Å². The fraction of sp³-hybridized carbons (Fsp3) is 0.917. The molecule has 1 unspecified atom stereocenters. The second kappa shape index (κ2) is 15.0. The molecule has 1 saturated carbocycles. The number of unbranched alkanes of at least 4 members (excludes halogenated alkanes) is 5. The molecule has 0 amide bonds. The Hall–Kier alpha value is -0.940. The molecule has 4 atom stereocenters. The van der Waals surface area contributed by atoms with E-state index in [1.807, 2.05) is 13.8 Å². The molecule has 29 heavy (non-hydrogen) atoms. The van der Waals surface area contributed by atoms with Gasteiger partial charge in [-0.25, -0.2) is 0 Å². The minimum absolute atomic E-state index is 0.0349. The van der Waals surface area contributed by atoms with Crippen molar-refractivity contribution in [2.24, 2.45) is 11.8 Å². The van der Waals surface area contributed by atoms with Crippen molar-refractivity contribution in [2.45, 2.75) is 123 Å². The lowest BCUT2D eigenvalue weighted by molar-refractivity contribution is -0.137. The van der Waals surface area contributed by atoms with E-state index >= 15 is 0 Å². The Morgan fingerprint density at radius 3 is 2.41 bits per heavy atom. The van der Waals surface area contributed by atoms with Crippen LogP contribution in [0.15, 0.2) is 0 Å². The van der Waals surface area contributed by atoms with Gasteiger partial charge in [0, 0.05) is 25.9 Å². The summed E-state index contributed by atoms with van der Waals surface area (Å²) < 4.78 is 11.8. The molecule has 0 spiro atoms. The molecule has 1 aliphatic rings. The van der Waals surface area contributed by atoms with Gasteiger partial charge in [0.1, 0.15) is 5.78 Å². The summed E-state index contributed by atoms with van der Waals surface area (Å²) in [7, 11) is 1.80. The SMILES string of the molecule is CCCCCC(CC[C@H]1[C@H](OC(C)C)CC(=O)[C@@H]1CCCCCCC(=O)O)OC. The van der Waals surface area contributed by atoms with E-state index in [1.54, 1.807) is 7.11 Å². The Morgan fingerprint density at radius 2 is 1.79 bits per heavy atom. The highest BCUT2D eigenvalue weighted by Gasteiger charge is 2.42. The maximum atomic E-state index is 12.7. The van der Waals surface area contributed by atoms with Gasteiger partial charge < -0.3 is 14.6 Å². The number of carboxylic acid groups (broad SMARTS) is 1. The quantitative estimate of drug-likeness (QED) is 0.306. The van der Waals surface area contributed by atoms with Crippen molar-refractivity contribution in [3.8, 4) is 0 Å². The Labute approximate surface area is 177 Å². The van der Waals surface area contributed by atoms with Gasteiger partial charge >= 0.3 is 5.97 Å². The van der Waals surface area contributed by atoms with Crippen molar-refractivity contribution < 1.29 is 24.2 Å². The van der Waals surface area contributed by atoms with Crippen LogP contribution in [0.3, 0.4) is 0 Å². The molecule has 0 aliphatic heterocycles. The normalized spacial score (nSPS) is 23.1. The van der Waals surface area contributed by atoms with Crippen LogP contribution in [0.4, 0.5) is 0 Å². The zero-order valence-electron chi connectivity index (χ0n) is 19.2. The Balaban J connectivity index is 2.56. The molecule has 1 fully saturated rings. The summed E-state index contributed by atoms with van der Waals surface area (Å²) in [4.78, 5) is 23.3. The highest BCUT2D eigenvalue weighted by Crippen LogP contribution is 2.39. The summed E-state index contributed by atoms with van der Waals surface area (Å²) in [5, 5.41) is 8.74. The molecule has 1 aliphatic carbocycles. The molecule has 0 bridgehead atoms. The van der Waals surface area contributed by atoms with Gasteiger partial charge in [0.2, 0.25) is 0 Å². The summed E-state index contributed by atoms with van der Waals surface area (Å²) in [5.74, 6) is 0.00148. The molecule has 1 rings (SSSR count). The zero-order chi connectivity index (χ0) is 21.6. The van der Waals surface area contributed by atoms with Gasteiger partial charge in [0.05, 0.1) is 18.3 Å². The third kappa shape index (κ3) is 10.6. The van der Waals surface area contributed by atoms with Gasteiger partial charge in [-0.05, 0) is 51.9 Å². The van der Waals surface area contributed by atoms with Crippen LogP contribution < -0.4 is 0 Å². The van der Waals surface area contributed by atoms with Crippen LogP contribution in [0.1, 0.15) is 104 Å². The molecule has 170 valence electrons. The van der Waals surface area contributed by atoms with Gasteiger partial charge in [-0.1, -0.05) is 45.4 Å². The minimum Gasteiger partial charge on any atom is -0.481 e. The van der Waals surface area contributed by atoms with E-state index < -0.39 is 5.97 Å². The van der Waals surface area contributed by atoms with E-state index in [-0.39, 0.29) is 36.6 Å². The lowest BCUT2D eigenvalue weighted by Gasteiger charge is -2.27. The number of methoxy groups -OCH3 is 1. The second-order valence-corrected chi connectivity index (χ2v) is 8.94. The van der Waals surface area contributed by atoms with E-state index in [4.69, 9.17) is 14.6 Å². The smallest absolute Gasteiger partial charge is 0.303 e. The number of carbonyl (C=O) groups excluding carboxylic acids is 1. The Morgan fingerprint density at radius 1 is 1.07 bits per heavy atom. The summed E-state index contributed by atoms with van der Waals surface area (Å²) in [6.07, 6.45) is 12.5. The van der Waals surface area contributed by atoms with Crippen molar-refractivity contribution in [1.82, 2.24) is 0 Å². The van der Waals surface area contributed by atoms with Crippen LogP contribution >= 0.6 is 0 Å². The van der Waals surface area contributed by atoms with Crippen LogP contribution in [0.25, 0.3) is 0 Å². The molecule has 1 N–H and O–H groups in total. The van der Waals surface area contributed by atoms with E-state index in [0.29, 0.717) is 12.2 Å². The van der Waals surface area contributed by atoms with Crippen LogP contribution in [0, 0.1) is 11.8 Å². The monoisotopic (exact) mass is 412 g/mol. The largest absolute Gasteiger partial charge is 0.481 e. The number of hydrogen-bond donors (Lipinski definition) is 1. The third-order valence-electron chi connectivity index (χ3n) is 6.20. The molecule has 0 aromatic rings. The fourth-order valence-corrected chi connectivity index (χ4v) is 4.63. The standard InChI is InChI=1S/C24H44O5/c1-5-6-9-12-19(28-4)15-16-21-20(13-10-7-8-11-14-24(26)27)22(25)17-23(21)29-18(2)3/h18-21,23H,5-17H2,1-4H3,(H,26,27)/t19?,20-,21-,23-/m1/s1. The van der Waals surface area contributed by atoms with Crippen molar-refractivity contribution >= 4 is 11.8 Å². The summed E-state index contributed by atoms with van der Waals surface area (Å²) in [6, 6.07) is 0. The van der Waals surface area contributed by atoms with Crippen molar-refractivity contribution in [3.05, 3.63) is 0 Å². The van der Waals surface area contributed by atoms with Crippen LogP contribution in [0.2, 0.25) is 0 Å². The molecular formula is C24H44O5. The highest BCUT2D eigenvalue weighted by atomic mass is 16.5. The third-order valence-corrected chi connectivity index (χ3v) is 6.20. The predicted octanol–water partition coefficient (Wildman–Crippen LogP) is 5.79. The predicted molar refractivity (Wildman–Crippen MR) is 116 cm³/mol. The first-order chi connectivity index (χ1) is 13.9. The number of carboxylic acids is 1. The van der Waals surface area contributed by atoms with Crippen LogP contribution in [0.5, 0.6) is 0 Å². The number of carbonyl (C=O) groups is 2. The lowest BCUT2D eigenvalue weighted by Crippen LogP contribution is -2.27. The maximum absolute atomic E-state index is 12.7. The molecule has 5 heteroatoms. The first kappa shape index (κ1) is 26.1. The summed E-state index contributed by atoms with van der Waals surface area (Å²) in [5.41, 5.74) is 0.